The van der Waals surface area contributed by atoms with Gasteiger partial charge < -0.3 is 5.11 Å². The molecule has 5 atom stereocenters. The first-order chi connectivity index (χ1) is 7.54. The summed E-state index contributed by atoms with van der Waals surface area (Å²) in [6.07, 6.45) is 7.81. The van der Waals surface area contributed by atoms with Gasteiger partial charge in [-0.05, 0) is 55.8 Å². The summed E-state index contributed by atoms with van der Waals surface area (Å²) in [4.78, 5) is 0. The van der Waals surface area contributed by atoms with Crippen LogP contribution in [0, 0.1) is 28.6 Å². The van der Waals surface area contributed by atoms with E-state index in [0.29, 0.717) is 17.9 Å². The average molecular weight is 220 g/mol. The van der Waals surface area contributed by atoms with E-state index in [1.165, 1.54) is 25.7 Å². The molecular formula is C15H24O. The van der Waals surface area contributed by atoms with Crippen LogP contribution >= 0.6 is 0 Å². The molecular weight excluding hydrogens is 196 g/mol. The Morgan fingerprint density at radius 1 is 1.44 bits per heavy atom. The number of allylic oxidation sites excluding steroid dienone is 2. The molecule has 0 radical (unpaired) electrons. The third kappa shape index (κ3) is 1.01. The molecule has 0 aromatic rings. The van der Waals surface area contributed by atoms with Gasteiger partial charge >= 0.3 is 0 Å². The minimum Gasteiger partial charge on any atom is -0.396 e. The second-order valence-corrected chi connectivity index (χ2v) is 6.84. The van der Waals surface area contributed by atoms with Gasteiger partial charge in [-0.25, -0.2) is 0 Å². The lowest BCUT2D eigenvalue weighted by atomic mass is 9.68. The highest BCUT2D eigenvalue weighted by atomic mass is 16.3. The maximum absolute atomic E-state index is 9.89. The summed E-state index contributed by atoms with van der Waals surface area (Å²) in [7, 11) is 0. The standard InChI is InChI=1S/C15H24O/c1-10-6-7-15-8-12(10)14(3,9-16)13(15)5-4-11(15)2/h6,11-13,16H,4-5,7-9H2,1-3H3/t11-,12+,13-,14+,15+/m1/s1. The number of rotatable bonds is 1. The minimum absolute atomic E-state index is 0.168. The molecule has 90 valence electrons. The van der Waals surface area contributed by atoms with Gasteiger partial charge in [0, 0.05) is 12.0 Å². The van der Waals surface area contributed by atoms with Crippen molar-refractivity contribution in [1.82, 2.24) is 0 Å². The second-order valence-electron chi connectivity index (χ2n) is 6.84. The molecule has 1 spiro atoms. The van der Waals surface area contributed by atoms with Crippen LogP contribution in [0.2, 0.25) is 0 Å². The highest BCUT2D eigenvalue weighted by molar-refractivity contribution is 5.26. The van der Waals surface area contributed by atoms with Gasteiger partial charge in [0.1, 0.15) is 0 Å². The first kappa shape index (κ1) is 10.8. The first-order valence-corrected chi connectivity index (χ1v) is 6.82. The summed E-state index contributed by atoms with van der Waals surface area (Å²) < 4.78 is 0. The molecule has 1 heteroatoms. The molecule has 0 heterocycles. The van der Waals surface area contributed by atoms with Crippen LogP contribution in [0.25, 0.3) is 0 Å². The van der Waals surface area contributed by atoms with Crippen LogP contribution < -0.4 is 0 Å². The van der Waals surface area contributed by atoms with E-state index >= 15 is 0 Å². The lowest BCUT2D eigenvalue weighted by Gasteiger charge is -2.37. The molecule has 3 rings (SSSR count). The zero-order valence-electron chi connectivity index (χ0n) is 10.8. The molecule has 2 saturated carbocycles. The number of hydrogen-bond acceptors (Lipinski definition) is 1. The summed E-state index contributed by atoms with van der Waals surface area (Å²) in [5.74, 6) is 2.27. The van der Waals surface area contributed by atoms with Crippen LogP contribution in [-0.4, -0.2) is 11.7 Å². The van der Waals surface area contributed by atoms with E-state index < -0.39 is 0 Å². The maximum atomic E-state index is 9.89. The Labute approximate surface area is 98.9 Å². The lowest BCUT2D eigenvalue weighted by Crippen LogP contribution is -2.35. The van der Waals surface area contributed by atoms with Crippen LogP contribution in [-0.2, 0) is 0 Å². The Morgan fingerprint density at radius 2 is 2.19 bits per heavy atom. The fraction of sp³-hybridized carbons (Fsp3) is 0.867. The van der Waals surface area contributed by atoms with Crippen molar-refractivity contribution in [3.63, 3.8) is 0 Å². The van der Waals surface area contributed by atoms with E-state index in [4.69, 9.17) is 0 Å². The Balaban J connectivity index is 2.10. The molecule has 0 aliphatic heterocycles. The van der Waals surface area contributed by atoms with Crippen molar-refractivity contribution >= 4 is 0 Å². The summed E-state index contributed by atoms with van der Waals surface area (Å²) in [5, 5.41) is 9.89. The molecule has 2 fully saturated rings. The van der Waals surface area contributed by atoms with Gasteiger partial charge in [0.25, 0.3) is 0 Å². The molecule has 1 N–H and O–H groups in total. The van der Waals surface area contributed by atoms with Gasteiger partial charge in [-0.15, -0.1) is 0 Å². The normalized spacial score (nSPS) is 55.0. The van der Waals surface area contributed by atoms with E-state index in [-0.39, 0.29) is 5.41 Å². The quantitative estimate of drug-likeness (QED) is 0.672. The maximum Gasteiger partial charge on any atom is 0.0493 e. The smallest absolute Gasteiger partial charge is 0.0493 e. The number of fused-ring (bicyclic) bond motifs is 1. The molecule has 0 saturated heterocycles. The molecule has 16 heavy (non-hydrogen) atoms. The highest BCUT2D eigenvalue weighted by Gasteiger charge is 2.64. The van der Waals surface area contributed by atoms with E-state index in [9.17, 15) is 5.11 Å². The van der Waals surface area contributed by atoms with E-state index in [2.05, 4.69) is 26.8 Å². The molecule has 1 nitrogen and oxygen atoms in total. The van der Waals surface area contributed by atoms with Crippen LogP contribution in [0.3, 0.4) is 0 Å². The fourth-order valence-corrected chi connectivity index (χ4v) is 5.34. The van der Waals surface area contributed by atoms with E-state index in [0.717, 1.165) is 11.8 Å². The van der Waals surface area contributed by atoms with Gasteiger partial charge in [0.05, 0.1) is 0 Å². The van der Waals surface area contributed by atoms with Crippen LogP contribution in [0.4, 0.5) is 0 Å². The molecule has 0 unspecified atom stereocenters. The molecule has 3 aliphatic rings. The zero-order chi connectivity index (χ0) is 11.6. The highest BCUT2D eigenvalue weighted by Crippen LogP contribution is 2.71. The summed E-state index contributed by atoms with van der Waals surface area (Å²) >= 11 is 0. The van der Waals surface area contributed by atoms with Crippen molar-refractivity contribution in [2.45, 2.75) is 46.5 Å². The van der Waals surface area contributed by atoms with Gasteiger partial charge in [-0.1, -0.05) is 25.5 Å². The topological polar surface area (TPSA) is 20.2 Å². The van der Waals surface area contributed by atoms with Crippen molar-refractivity contribution in [1.29, 1.82) is 0 Å². The minimum atomic E-state index is 0.168. The third-order valence-corrected chi connectivity index (χ3v) is 6.43. The Bertz CT molecular complexity index is 345. The van der Waals surface area contributed by atoms with E-state index in [1.807, 2.05) is 0 Å². The predicted octanol–water partition coefficient (Wildman–Crippen LogP) is 3.39. The van der Waals surface area contributed by atoms with Gasteiger partial charge in [-0.2, -0.15) is 0 Å². The van der Waals surface area contributed by atoms with Crippen LogP contribution in [0.5, 0.6) is 0 Å². The van der Waals surface area contributed by atoms with Crippen molar-refractivity contribution in [2.75, 3.05) is 6.61 Å². The molecule has 0 aromatic carbocycles. The van der Waals surface area contributed by atoms with Crippen molar-refractivity contribution in [3.05, 3.63) is 11.6 Å². The number of hydrogen-bond donors (Lipinski definition) is 1. The van der Waals surface area contributed by atoms with Gasteiger partial charge in [0.15, 0.2) is 0 Å². The van der Waals surface area contributed by atoms with Crippen molar-refractivity contribution in [2.24, 2.45) is 28.6 Å². The van der Waals surface area contributed by atoms with E-state index in [1.54, 1.807) is 5.57 Å². The first-order valence-electron chi connectivity index (χ1n) is 6.82. The Morgan fingerprint density at radius 3 is 2.88 bits per heavy atom. The largest absolute Gasteiger partial charge is 0.396 e. The van der Waals surface area contributed by atoms with Crippen molar-refractivity contribution in [3.8, 4) is 0 Å². The average Bonchev–Trinajstić information content (AvgIpc) is 2.70. The zero-order valence-corrected chi connectivity index (χ0v) is 10.8. The number of aliphatic hydroxyl groups is 1. The Kier molecular flexibility index (Phi) is 2.12. The van der Waals surface area contributed by atoms with Crippen LogP contribution in [0.15, 0.2) is 11.6 Å². The third-order valence-electron chi connectivity index (χ3n) is 6.43. The molecule has 0 aromatic heterocycles. The fourth-order valence-electron chi connectivity index (χ4n) is 5.34. The van der Waals surface area contributed by atoms with Crippen LogP contribution in [0.1, 0.15) is 46.5 Å². The van der Waals surface area contributed by atoms with Crippen molar-refractivity contribution < 1.29 is 5.11 Å². The molecule has 0 amide bonds. The lowest BCUT2D eigenvalue weighted by molar-refractivity contribution is 0.0509. The monoisotopic (exact) mass is 220 g/mol. The summed E-state index contributed by atoms with van der Waals surface area (Å²) in [5.41, 5.74) is 2.26. The summed E-state index contributed by atoms with van der Waals surface area (Å²) in [6, 6.07) is 0. The summed E-state index contributed by atoms with van der Waals surface area (Å²) in [6.45, 7) is 7.43. The predicted molar refractivity (Wildman–Crippen MR) is 66.0 cm³/mol. The SMILES string of the molecule is CC1=CC[C@@]23C[C@@H]1[C@](C)(CO)[C@H]2CC[C@H]3C. The van der Waals surface area contributed by atoms with Gasteiger partial charge in [-0.3, -0.25) is 0 Å². The van der Waals surface area contributed by atoms with Gasteiger partial charge in [0.2, 0.25) is 0 Å². The molecule has 2 bridgehead atoms. The number of aliphatic hydroxyl groups excluding tert-OH is 1. The Hall–Kier alpha value is -0.300. The molecule has 3 aliphatic carbocycles. The second kappa shape index (κ2) is 3.13.